The Morgan fingerprint density at radius 3 is 2.75 bits per heavy atom. The van der Waals surface area contributed by atoms with Crippen molar-refractivity contribution >= 4 is 25.8 Å². The molecule has 0 amide bonds. The van der Waals surface area contributed by atoms with Crippen LogP contribution in [-0.2, 0) is 16.4 Å². The van der Waals surface area contributed by atoms with Gasteiger partial charge < -0.3 is 14.8 Å². The van der Waals surface area contributed by atoms with Crippen LogP contribution < -0.4 is 14.8 Å². The zero-order chi connectivity index (χ0) is 14.2. The lowest BCUT2D eigenvalue weighted by Gasteiger charge is -2.12. The molecule has 5 nitrogen and oxygen atoms in total. The Hall–Kier alpha value is -0.790. The first-order valence-electron chi connectivity index (χ1n) is 6.56. The standard InChI is InChI=1S/C13H16BrNO4S/c14-11-5-13-12(18-8-19-13)4-9(11)6-15-7-10-2-1-3-20(10,16)17/h4-5,10,15H,1-3,6-8H2. The van der Waals surface area contributed by atoms with Crippen LogP contribution in [0.15, 0.2) is 16.6 Å². The van der Waals surface area contributed by atoms with Crippen LogP contribution in [0.2, 0.25) is 0 Å². The van der Waals surface area contributed by atoms with Crippen LogP contribution in [0.4, 0.5) is 0 Å². The van der Waals surface area contributed by atoms with E-state index in [1.54, 1.807) is 0 Å². The van der Waals surface area contributed by atoms with Crippen molar-refractivity contribution in [3.63, 3.8) is 0 Å². The van der Waals surface area contributed by atoms with Gasteiger partial charge in [0.15, 0.2) is 21.3 Å². The van der Waals surface area contributed by atoms with Gasteiger partial charge in [-0.05, 0) is 30.5 Å². The number of hydrogen-bond donors (Lipinski definition) is 1. The lowest BCUT2D eigenvalue weighted by Crippen LogP contribution is -2.30. The summed E-state index contributed by atoms with van der Waals surface area (Å²) in [5, 5.41) is 2.99. The fourth-order valence-corrected chi connectivity index (χ4v) is 4.81. The first-order chi connectivity index (χ1) is 9.56. The van der Waals surface area contributed by atoms with Crippen molar-refractivity contribution in [2.75, 3.05) is 19.1 Å². The second-order valence-corrected chi connectivity index (χ2v) is 8.31. The summed E-state index contributed by atoms with van der Waals surface area (Å²) in [4.78, 5) is 0. The molecule has 0 saturated carbocycles. The van der Waals surface area contributed by atoms with Crippen molar-refractivity contribution in [1.29, 1.82) is 0 Å². The third-order valence-corrected chi connectivity index (χ3v) is 6.71. The number of nitrogens with one attached hydrogen (secondary N) is 1. The van der Waals surface area contributed by atoms with Crippen molar-refractivity contribution < 1.29 is 17.9 Å². The van der Waals surface area contributed by atoms with E-state index in [1.165, 1.54) is 0 Å². The molecule has 1 N–H and O–H groups in total. The van der Waals surface area contributed by atoms with Crippen LogP contribution in [0.5, 0.6) is 11.5 Å². The predicted octanol–water partition coefficient (Wildman–Crippen LogP) is 1.84. The lowest BCUT2D eigenvalue weighted by molar-refractivity contribution is 0.174. The maximum absolute atomic E-state index is 11.7. The van der Waals surface area contributed by atoms with E-state index in [2.05, 4.69) is 21.2 Å². The van der Waals surface area contributed by atoms with Gasteiger partial charge in [-0.1, -0.05) is 15.9 Å². The zero-order valence-corrected chi connectivity index (χ0v) is 13.3. The Labute approximate surface area is 126 Å². The molecular weight excluding hydrogens is 346 g/mol. The molecule has 3 rings (SSSR count). The lowest BCUT2D eigenvalue weighted by atomic mass is 10.2. The summed E-state index contributed by atoms with van der Waals surface area (Å²) >= 11 is 3.49. The van der Waals surface area contributed by atoms with Crippen LogP contribution in [0, 0.1) is 0 Å². The van der Waals surface area contributed by atoms with Gasteiger partial charge in [0.05, 0.1) is 11.0 Å². The molecule has 2 heterocycles. The summed E-state index contributed by atoms with van der Waals surface area (Å²) in [5.74, 6) is 1.80. The van der Waals surface area contributed by atoms with Gasteiger partial charge in [0.1, 0.15) is 0 Å². The molecule has 1 atom stereocenters. The second kappa shape index (κ2) is 5.54. The molecule has 0 radical (unpaired) electrons. The maximum atomic E-state index is 11.7. The zero-order valence-electron chi connectivity index (χ0n) is 10.9. The molecule has 20 heavy (non-hydrogen) atoms. The summed E-state index contributed by atoms with van der Waals surface area (Å²) in [6.45, 7) is 1.35. The number of fused-ring (bicyclic) bond motifs is 1. The maximum Gasteiger partial charge on any atom is 0.231 e. The molecule has 0 aromatic heterocycles. The van der Waals surface area contributed by atoms with Crippen molar-refractivity contribution in [2.45, 2.75) is 24.6 Å². The van der Waals surface area contributed by atoms with E-state index < -0.39 is 9.84 Å². The average molecular weight is 362 g/mol. The van der Waals surface area contributed by atoms with Crippen LogP contribution in [0.25, 0.3) is 0 Å². The Kier molecular flexibility index (Phi) is 3.92. The number of hydrogen-bond acceptors (Lipinski definition) is 5. The number of benzene rings is 1. The van der Waals surface area contributed by atoms with Crippen molar-refractivity contribution in [2.24, 2.45) is 0 Å². The summed E-state index contributed by atoms with van der Waals surface area (Å²) in [6, 6.07) is 3.80. The molecule has 110 valence electrons. The predicted molar refractivity (Wildman–Crippen MR) is 78.8 cm³/mol. The first kappa shape index (κ1) is 14.2. The first-order valence-corrected chi connectivity index (χ1v) is 9.07. The topological polar surface area (TPSA) is 64.6 Å². The molecule has 0 bridgehead atoms. The molecule has 0 spiro atoms. The second-order valence-electron chi connectivity index (χ2n) is 5.06. The highest BCUT2D eigenvalue weighted by atomic mass is 79.9. The van der Waals surface area contributed by atoms with Gasteiger partial charge in [-0.25, -0.2) is 8.42 Å². The quantitative estimate of drug-likeness (QED) is 0.886. The summed E-state index contributed by atoms with van der Waals surface area (Å²) in [6.07, 6.45) is 1.54. The minimum atomic E-state index is -2.88. The normalized spacial score (nSPS) is 23.1. The molecular formula is C13H16BrNO4S. The Morgan fingerprint density at radius 2 is 2.05 bits per heavy atom. The third kappa shape index (κ3) is 2.80. The number of rotatable bonds is 4. The smallest absolute Gasteiger partial charge is 0.231 e. The van der Waals surface area contributed by atoms with Crippen LogP contribution in [0.3, 0.4) is 0 Å². The average Bonchev–Trinajstić information content (AvgIpc) is 2.96. The van der Waals surface area contributed by atoms with Gasteiger partial charge in [0.25, 0.3) is 0 Å². The molecule has 2 aliphatic heterocycles. The van der Waals surface area contributed by atoms with E-state index in [-0.39, 0.29) is 12.0 Å². The summed E-state index contributed by atoms with van der Waals surface area (Å²) in [7, 11) is -2.88. The number of halogens is 1. The van der Waals surface area contributed by atoms with Crippen LogP contribution in [-0.4, -0.2) is 32.8 Å². The van der Waals surface area contributed by atoms with Gasteiger partial charge in [-0.3, -0.25) is 0 Å². The van der Waals surface area contributed by atoms with Crippen molar-refractivity contribution in [3.8, 4) is 11.5 Å². The SMILES string of the molecule is O=S1(=O)CCCC1CNCc1cc2c(cc1Br)OCO2. The third-order valence-electron chi connectivity index (χ3n) is 3.69. The molecule has 1 aromatic carbocycles. The molecule has 1 fully saturated rings. The van der Waals surface area contributed by atoms with Crippen LogP contribution in [0.1, 0.15) is 18.4 Å². The van der Waals surface area contributed by atoms with Gasteiger partial charge in [-0.2, -0.15) is 0 Å². The summed E-state index contributed by atoms with van der Waals surface area (Å²) < 4.78 is 35.0. The minimum Gasteiger partial charge on any atom is -0.454 e. The Morgan fingerprint density at radius 1 is 1.30 bits per heavy atom. The number of sulfone groups is 1. The highest BCUT2D eigenvalue weighted by Gasteiger charge is 2.30. The molecule has 1 saturated heterocycles. The van der Waals surface area contributed by atoms with Gasteiger partial charge in [0.2, 0.25) is 6.79 Å². The Bertz CT molecular complexity index is 617. The fourth-order valence-electron chi connectivity index (χ4n) is 2.55. The van der Waals surface area contributed by atoms with Crippen molar-refractivity contribution in [3.05, 3.63) is 22.2 Å². The van der Waals surface area contributed by atoms with E-state index in [1.807, 2.05) is 12.1 Å². The molecule has 1 aromatic rings. The summed E-state index contributed by atoms with van der Waals surface area (Å²) in [5.41, 5.74) is 1.03. The number of ether oxygens (including phenoxy) is 2. The van der Waals surface area contributed by atoms with Gasteiger partial charge >= 0.3 is 0 Å². The Balaban J connectivity index is 1.62. The highest BCUT2D eigenvalue weighted by Crippen LogP contribution is 2.36. The van der Waals surface area contributed by atoms with E-state index in [0.29, 0.717) is 18.8 Å². The van der Waals surface area contributed by atoms with E-state index in [9.17, 15) is 8.42 Å². The monoisotopic (exact) mass is 361 g/mol. The largest absolute Gasteiger partial charge is 0.454 e. The van der Waals surface area contributed by atoms with E-state index in [4.69, 9.17) is 9.47 Å². The van der Waals surface area contributed by atoms with Gasteiger partial charge in [0, 0.05) is 17.6 Å². The molecule has 1 unspecified atom stereocenters. The van der Waals surface area contributed by atoms with Crippen LogP contribution >= 0.6 is 15.9 Å². The van der Waals surface area contributed by atoms with E-state index in [0.717, 1.165) is 34.4 Å². The highest BCUT2D eigenvalue weighted by molar-refractivity contribution is 9.10. The van der Waals surface area contributed by atoms with Crippen molar-refractivity contribution in [1.82, 2.24) is 5.32 Å². The minimum absolute atomic E-state index is 0.240. The molecule has 7 heteroatoms. The fraction of sp³-hybridized carbons (Fsp3) is 0.538. The van der Waals surface area contributed by atoms with Gasteiger partial charge in [-0.15, -0.1) is 0 Å². The molecule has 0 aliphatic carbocycles. The molecule has 2 aliphatic rings. The van der Waals surface area contributed by atoms with E-state index >= 15 is 0 Å².